The van der Waals surface area contributed by atoms with Gasteiger partial charge in [0.1, 0.15) is 6.10 Å². The van der Waals surface area contributed by atoms with E-state index in [4.69, 9.17) is 13.6 Å². The van der Waals surface area contributed by atoms with Crippen molar-refractivity contribution in [2.45, 2.75) is 155 Å². The molecule has 0 aromatic carbocycles. The maximum atomic E-state index is 11.7. The highest BCUT2D eigenvalue weighted by molar-refractivity contribution is 6.74. The van der Waals surface area contributed by atoms with Crippen molar-refractivity contribution in [3.05, 3.63) is 11.6 Å². The van der Waals surface area contributed by atoms with Crippen LogP contribution in [0.5, 0.6) is 0 Å². The summed E-state index contributed by atoms with van der Waals surface area (Å²) in [6.45, 7) is 25.9. The topological polar surface area (TPSA) is 44.8 Å². The van der Waals surface area contributed by atoms with Crippen LogP contribution in [0.2, 0.25) is 36.3 Å². The van der Waals surface area contributed by atoms with Crippen molar-refractivity contribution >= 4 is 22.6 Å². The molecular weight excluding hydrogens is 541 g/mol. The Hall–Kier alpha value is -0.876. The summed E-state index contributed by atoms with van der Waals surface area (Å²) < 4.78 is 19.2. The van der Waals surface area contributed by atoms with Crippen molar-refractivity contribution in [3.63, 3.8) is 0 Å². The number of hydrogen-bond acceptors (Lipinski definition) is 4. The van der Waals surface area contributed by atoms with Crippen molar-refractivity contribution in [3.8, 4) is 11.8 Å². The minimum Gasteiger partial charge on any atom is -0.469 e. The number of rotatable bonds is 8. The average molecular weight is 603 g/mol. The molecule has 3 saturated carbocycles. The molecular formula is C35H62O4Si2. The van der Waals surface area contributed by atoms with E-state index in [2.05, 4.69) is 92.6 Å². The monoisotopic (exact) mass is 602 g/mol. The van der Waals surface area contributed by atoms with E-state index < -0.39 is 16.6 Å². The van der Waals surface area contributed by atoms with Gasteiger partial charge >= 0.3 is 5.97 Å². The fourth-order valence-corrected chi connectivity index (χ4v) is 9.34. The number of allylic oxidation sites excluding steroid dienone is 2. The van der Waals surface area contributed by atoms with E-state index in [1.54, 1.807) is 0 Å². The molecule has 0 aliphatic heterocycles. The zero-order valence-corrected chi connectivity index (χ0v) is 30.6. The highest BCUT2D eigenvalue weighted by Crippen LogP contribution is 2.57. The van der Waals surface area contributed by atoms with E-state index in [0.717, 1.165) is 19.3 Å². The van der Waals surface area contributed by atoms with Gasteiger partial charge in [-0.3, -0.25) is 4.79 Å². The van der Waals surface area contributed by atoms with Crippen LogP contribution in [-0.2, 0) is 18.4 Å². The summed E-state index contributed by atoms with van der Waals surface area (Å²) in [5.41, 5.74) is 1.53. The predicted molar refractivity (Wildman–Crippen MR) is 177 cm³/mol. The molecule has 0 saturated heterocycles. The summed E-state index contributed by atoms with van der Waals surface area (Å²) in [6, 6.07) is 0. The van der Waals surface area contributed by atoms with Gasteiger partial charge in [0.25, 0.3) is 0 Å². The number of ether oxygens (including phenoxy) is 1. The zero-order valence-electron chi connectivity index (χ0n) is 28.6. The first-order valence-corrected chi connectivity index (χ1v) is 22.3. The van der Waals surface area contributed by atoms with E-state index in [1.165, 1.54) is 44.8 Å². The smallest absolute Gasteiger partial charge is 0.305 e. The van der Waals surface area contributed by atoms with Gasteiger partial charge in [-0.05, 0) is 92.0 Å². The lowest BCUT2D eigenvalue weighted by Gasteiger charge is -2.55. The number of fused-ring (bicyclic) bond motifs is 1. The fraction of sp³-hybridized carbons (Fsp3) is 0.857. The van der Waals surface area contributed by atoms with E-state index >= 15 is 0 Å². The van der Waals surface area contributed by atoms with Gasteiger partial charge in [-0.2, -0.15) is 0 Å². The number of esters is 1. The lowest BCUT2D eigenvalue weighted by molar-refractivity contribution is -0.140. The molecule has 234 valence electrons. The third kappa shape index (κ3) is 8.19. The first kappa shape index (κ1) is 34.6. The van der Waals surface area contributed by atoms with Crippen LogP contribution in [0, 0.1) is 41.4 Å². The molecule has 0 aromatic rings. The number of carbonyl (C=O) groups excluding carboxylic acids is 1. The van der Waals surface area contributed by atoms with Gasteiger partial charge in [0.15, 0.2) is 16.6 Å². The van der Waals surface area contributed by atoms with Crippen LogP contribution in [0.25, 0.3) is 0 Å². The Balaban J connectivity index is 1.94. The molecule has 6 heteroatoms. The van der Waals surface area contributed by atoms with Crippen LogP contribution in [0.4, 0.5) is 0 Å². The summed E-state index contributed by atoms with van der Waals surface area (Å²) in [5.74, 6) is 9.94. The van der Waals surface area contributed by atoms with Crippen LogP contribution in [0.3, 0.4) is 0 Å². The highest BCUT2D eigenvalue weighted by atomic mass is 28.4. The molecule has 0 N–H and O–H groups in total. The Bertz CT molecular complexity index is 984. The van der Waals surface area contributed by atoms with Gasteiger partial charge in [-0.1, -0.05) is 91.2 Å². The van der Waals surface area contributed by atoms with Crippen molar-refractivity contribution in [1.82, 2.24) is 0 Å². The minimum absolute atomic E-state index is 0.0236. The molecule has 3 aliphatic carbocycles. The van der Waals surface area contributed by atoms with Crippen LogP contribution in [-0.4, -0.2) is 41.9 Å². The summed E-state index contributed by atoms with van der Waals surface area (Å²) >= 11 is 0. The molecule has 6 atom stereocenters. The molecule has 3 rings (SSSR count). The molecule has 4 nitrogen and oxygen atoms in total. The van der Waals surface area contributed by atoms with Crippen molar-refractivity contribution in [2.24, 2.45) is 29.6 Å². The third-order valence-electron chi connectivity index (χ3n) is 11.5. The summed E-state index contributed by atoms with van der Waals surface area (Å²) in [6.07, 6.45) is 12.4. The molecule has 0 radical (unpaired) electrons. The van der Waals surface area contributed by atoms with Crippen LogP contribution < -0.4 is 0 Å². The van der Waals surface area contributed by atoms with Gasteiger partial charge < -0.3 is 13.6 Å². The molecule has 0 amide bonds. The Kier molecular flexibility index (Phi) is 11.3. The number of carbonyl (C=O) groups is 1. The summed E-state index contributed by atoms with van der Waals surface area (Å²) in [5, 5.41) is 0.333. The molecule has 0 bridgehead atoms. The Morgan fingerprint density at radius 2 is 1.56 bits per heavy atom. The van der Waals surface area contributed by atoms with E-state index in [-0.39, 0.29) is 34.2 Å². The minimum atomic E-state index is -1.96. The predicted octanol–water partition coefficient (Wildman–Crippen LogP) is 9.52. The van der Waals surface area contributed by atoms with Crippen LogP contribution in [0.1, 0.15) is 106 Å². The van der Waals surface area contributed by atoms with Gasteiger partial charge in [0.2, 0.25) is 0 Å². The lowest BCUT2D eigenvalue weighted by atomic mass is 9.51. The summed E-state index contributed by atoms with van der Waals surface area (Å²) in [4.78, 5) is 11.7. The number of methoxy groups -OCH3 is 1. The fourth-order valence-electron chi connectivity index (χ4n) is 6.73. The quantitative estimate of drug-likeness (QED) is 0.120. The first-order valence-electron chi connectivity index (χ1n) is 16.5. The second-order valence-corrected chi connectivity index (χ2v) is 25.8. The van der Waals surface area contributed by atoms with Crippen molar-refractivity contribution in [1.29, 1.82) is 0 Å². The van der Waals surface area contributed by atoms with Gasteiger partial charge in [-0.25, -0.2) is 0 Å². The molecule has 0 heterocycles. The van der Waals surface area contributed by atoms with E-state index in [9.17, 15) is 4.79 Å². The SMILES string of the molecule is COC(=O)CC/C=C1/C(C)[C@@H]2[C@@H](C#CC(O[Si](C)(C)C(C)(C)C)C3CCCCC3)[C@H](O[Si](C)(C)C(C)(C)C)CC[C@H]12. The number of hydrogen-bond donors (Lipinski definition) is 0. The first-order chi connectivity index (χ1) is 18.9. The Morgan fingerprint density at radius 1 is 0.951 bits per heavy atom. The molecule has 2 unspecified atom stereocenters. The molecule has 0 spiro atoms. The van der Waals surface area contributed by atoms with Gasteiger partial charge in [-0.15, -0.1) is 0 Å². The standard InChI is InChI=1S/C35H62O4Si2/c1-25-27(19-16-20-32(36)37-8)28-21-24-31(39-41(11,12)35(5,6)7)29(33(25)28)22-23-30(26-17-14-13-15-18-26)38-40(9,10)34(2,3)4/h19,25-26,28-31,33H,13-18,20-21,24H2,1-12H3/b27-19-/t25?,28-,29+,30?,31-,33+/m1/s1. The lowest BCUT2D eigenvalue weighted by Crippen LogP contribution is -2.54. The van der Waals surface area contributed by atoms with Crippen LogP contribution in [0.15, 0.2) is 11.6 Å². The highest BCUT2D eigenvalue weighted by Gasteiger charge is 2.53. The normalized spacial score (nSPS) is 29.7. The Labute approximate surface area is 255 Å². The molecule has 3 fully saturated rings. The second kappa shape index (κ2) is 13.4. The third-order valence-corrected chi connectivity index (χ3v) is 20.4. The van der Waals surface area contributed by atoms with Crippen molar-refractivity contribution < 1.29 is 18.4 Å². The van der Waals surface area contributed by atoms with Crippen LogP contribution >= 0.6 is 0 Å². The van der Waals surface area contributed by atoms with Gasteiger partial charge in [0.05, 0.1) is 13.2 Å². The molecule has 41 heavy (non-hydrogen) atoms. The van der Waals surface area contributed by atoms with E-state index in [1.807, 2.05) is 0 Å². The summed E-state index contributed by atoms with van der Waals surface area (Å²) in [7, 11) is -2.44. The average Bonchev–Trinajstić information content (AvgIpc) is 2.88. The maximum Gasteiger partial charge on any atom is 0.305 e. The van der Waals surface area contributed by atoms with E-state index in [0.29, 0.717) is 30.1 Å². The molecule has 0 aromatic heterocycles. The maximum absolute atomic E-state index is 11.7. The second-order valence-electron chi connectivity index (χ2n) is 16.3. The zero-order chi connectivity index (χ0) is 30.8. The Morgan fingerprint density at radius 3 is 2.12 bits per heavy atom. The molecule has 3 aliphatic rings. The van der Waals surface area contributed by atoms with Gasteiger partial charge in [0, 0.05) is 12.3 Å². The van der Waals surface area contributed by atoms with Crippen molar-refractivity contribution in [2.75, 3.05) is 7.11 Å². The largest absolute Gasteiger partial charge is 0.469 e.